The van der Waals surface area contributed by atoms with E-state index < -0.39 is 5.60 Å². The van der Waals surface area contributed by atoms with Gasteiger partial charge in [0.15, 0.2) is 5.69 Å². The molecular weight excluding hydrogens is 538 g/mol. The normalized spacial score (nSPS) is 23.1. The summed E-state index contributed by atoms with van der Waals surface area (Å²) in [6, 6.07) is 15.7. The number of carbonyl (C=O) groups is 1. The summed E-state index contributed by atoms with van der Waals surface area (Å²) in [6.07, 6.45) is 7.67. The van der Waals surface area contributed by atoms with Gasteiger partial charge in [0.05, 0.1) is 36.0 Å². The summed E-state index contributed by atoms with van der Waals surface area (Å²) in [6.45, 7) is 2.74. The Morgan fingerprint density at radius 1 is 1.22 bits per heavy atom. The van der Waals surface area contributed by atoms with Crippen LogP contribution in [-0.2, 0) is 4.74 Å². The van der Waals surface area contributed by atoms with Crippen molar-refractivity contribution in [2.45, 2.75) is 49.8 Å². The maximum absolute atomic E-state index is 14.2. The molecule has 0 unspecified atom stereocenters. The van der Waals surface area contributed by atoms with Gasteiger partial charge in [0.2, 0.25) is 0 Å². The van der Waals surface area contributed by atoms with Gasteiger partial charge < -0.3 is 29.4 Å². The maximum Gasteiger partial charge on any atom is 0.275 e. The average molecular weight is 576 g/mol. The molecule has 2 aromatic heterocycles. The second-order valence-electron chi connectivity index (χ2n) is 11.0. The van der Waals surface area contributed by atoms with Gasteiger partial charge in [-0.05, 0) is 42.6 Å². The van der Waals surface area contributed by atoms with Crippen molar-refractivity contribution in [3.8, 4) is 17.0 Å². The van der Waals surface area contributed by atoms with E-state index in [-0.39, 0.29) is 24.6 Å². The number of piperazine rings is 1. The average Bonchev–Trinajstić information content (AvgIpc) is 3.65. The summed E-state index contributed by atoms with van der Waals surface area (Å²) >= 11 is 1.47. The zero-order chi connectivity index (χ0) is 28.2. The van der Waals surface area contributed by atoms with E-state index in [1.165, 1.54) is 11.5 Å². The predicted octanol–water partition coefficient (Wildman–Crippen LogP) is 4.54. The molecule has 0 radical (unpaired) electrons. The molecule has 2 N–H and O–H groups in total. The Hall–Kier alpha value is -3.31. The summed E-state index contributed by atoms with van der Waals surface area (Å²) < 4.78 is 18.9. The van der Waals surface area contributed by atoms with E-state index in [0.29, 0.717) is 38.2 Å². The predicted molar refractivity (Wildman–Crippen MR) is 159 cm³/mol. The van der Waals surface area contributed by atoms with Gasteiger partial charge in [0.25, 0.3) is 5.91 Å². The Bertz CT molecular complexity index is 1470. The topological polar surface area (TPSA) is 102 Å². The van der Waals surface area contributed by atoms with E-state index in [1.807, 2.05) is 64.2 Å². The molecule has 1 aliphatic heterocycles. The minimum atomic E-state index is -1.02. The van der Waals surface area contributed by atoms with Gasteiger partial charge in [-0.1, -0.05) is 43.2 Å². The summed E-state index contributed by atoms with van der Waals surface area (Å²) in [4.78, 5) is 20.9. The quantitative estimate of drug-likeness (QED) is 0.302. The maximum atomic E-state index is 14.2. The van der Waals surface area contributed by atoms with Crippen LogP contribution < -0.4 is 10.1 Å². The molecule has 0 spiro atoms. The number of hydrogen-bond acceptors (Lipinski definition) is 8. The monoisotopic (exact) mass is 575 g/mol. The van der Waals surface area contributed by atoms with E-state index >= 15 is 0 Å². The molecule has 4 aromatic rings. The first-order chi connectivity index (χ1) is 20.1. The standard InChI is InChI=1S/C31H37N5O4S/c1-39-20-31(38)13-6-5-9-27(31)36-21-33-28(29(36)22-7-3-2-4-8-22)30(37)35-15-14-32-19-24(35)12-16-40-25-10-11-26-23(17-25)18-34-41-26/h2-4,7-8,10-11,17-18,21,24,27,32,38H,5-6,9,12-16,19-20H2,1H3/t24-,27-,31-/m1/s1. The number of benzene rings is 2. The lowest BCUT2D eigenvalue weighted by Gasteiger charge is -2.41. The highest BCUT2D eigenvalue weighted by molar-refractivity contribution is 7.13. The van der Waals surface area contributed by atoms with Crippen LogP contribution in [0.2, 0.25) is 0 Å². The first-order valence-corrected chi connectivity index (χ1v) is 15.2. The highest BCUT2D eigenvalue weighted by atomic mass is 32.1. The van der Waals surface area contributed by atoms with E-state index in [2.05, 4.69) is 9.69 Å². The number of nitrogens with zero attached hydrogens (tertiary/aromatic N) is 4. The van der Waals surface area contributed by atoms with Crippen LogP contribution in [0.3, 0.4) is 0 Å². The van der Waals surface area contributed by atoms with Crippen LogP contribution in [0.5, 0.6) is 5.75 Å². The lowest BCUT2D eigenvalue weighted by Crippen LogP contribution is -2.54. The van der Waals surface area contributed by atoms with Crippen LogP contribution in [0.15, 0.2) is 61.1 Å². The number of hydrogen-bond donors (Lipinski definition) is 2. The van der Waals surface area contributed by atoms with Crippen molar-refractivity contribution >= 4 is 27.5 Å². The number of aromatic nitrogens is 3. The summed E-state index contributed by atoms with van der Waals surface area (Å²) in [5.74, 6) is 0.714. The number of rotatable bonds is 9. The molecule has 1 saturated heterocycles. The minimum absolute atomic E-state index is 0.0309. The van der Waals surface area contributed by atoms with Crippen LogP contribution in [-0.4, -0.2) is 81.4 Å². The van der Waals surface area contributed by atoms with Crippen molar-refractivity contribution in [2.24, 2.45) is 0 Å². The molecule has 3 atom stereocenters. The molecule has 0 bridgehead atoms. The molecule has 10 heteroatoms. The van der Waals surface area contributed by atoms with E-state index in [4.69, 9.17) is 14.5 Å². The van der Waals surface area contributed by atoms with Gasteiger partial charge in [-0.25, -0.2) is 4.98 Å². The third-order valence-electron chi connectivity index (χ3n) is 8.39. The highest BCUT2D eigenvalue weighted by Gasteiger charge is 2.42. The van der Waals surface area contributed by atoms with Gasteiger partial charge in [-0.3, -0.25) is 4.79 Å². The van der Waals surface area contributed by atoms with Crippen molar-refractivity contribution < 1.29 is 19.4 Å². The number of fused-ring (bicyclic) bond motifs is 1. The molecule has 2 fully saturated rings. The fourth-order valence-electron chi connectivity index (χ4n) is 6.33. The highest BCUT2D eigenvalue weighted by Crippen LogP contribution is 2.41. The number of nitrogens with one attached hydrogen (secondary N) is 1. The molecule has 41 heavy (non-hydrogen) atoms. The molecule has 216 valence electrons. The fraction of sp³-hybridized carbons (Fsp3) is 0.452. The zero-order valence-electron chi connectivity index (χ0n) is 23.4. The molecule has 1 saturated carbocycles. The molecule has 3 heterocycles. The molecule has 1 aliphatic carbocycles. The van der Waals surface area contributed by atoms with Crippen molar-refractivity contribution in [2.75, 3.05) is 40.0 Å². The van der Waals surface area contributed by atoms with Crippen LogP contribution in [0.1, 0.15) is 48.6 Å². The van der Waals surface area contributed by atoms with Gasteiger partial charge in [0.1, 0.15) is 11.4 Å². The lowest BCUT2D eigenvalue weighted by atomic mass is 9.80. The Labute approximate surface area is 244 Å². The number of ether oxygens (including phenoxy) is 2. The van der Waals surface area contributed by atoms with Crippen LogP contribution >= 0.6 is 11.5 Å². The second-order valence-corrected chi connectivity index (χ2v) is 11.9. The van der Waals surface area contributed by atoms with Crippen LogP contribution in [0.25, 0.3) is 21.3 Å². The molecule has 2 aliphatic rings. The summed E-state index contributed by atoms with van der Waals surface area (Å²) in [7, 11) is 1.62. The third-order valence-corrected chi connectivity index (χ3v) is 9.17. The second kappa shape index (κ2) is 12.3. The number of aliphatic hydroxyl groups is 1. The summed E-state index contributed by atoms with van der Waals surface area (Å²) in [5.41, 5.74) is 1.06. The van der Waals surface area contributed by atoms with Crippen LogP contribution in [0.4, 0.5) is 0 Å². The fourth-order valence-corrected chi connectivity index (χ4v) is 6.96. The van der Waals surface area contributed by atoms with Gasteiger partial charge in [-0.2, -0.15) is 4.37 Å². The number of amides is 1. The van der Waals surface area contributed by atoms with E-state index in [9.17, 15) is 9.90 Å². The van der Waals surface area contributed by atoms with Gasteiger partial charge >= 0.3 is 0 Å². The minimum Gasteiger partial charge on any atom is -0.493 e. The van der Waals surface area contributed by atoms with Crippen molar-refractivity contribution in [3.63, 3.8) is 0 Å². The van der Waals surface area contributed by atoms with Crippen molar-refractivity contribution in [1.29, 1.82) is 0 Å². The Morgan fingerprint density at radius 2 is 2.10 bits per heavy atom. The van der Waals surface area contributed by atoms with Crippen LogP contribution in [0, 0.1) is 0 Å². The molecular formula is C31H37N5O4S. The first kappa shape index (κ1) is 27.8. The first-order valence-electron chi connectivity index (χ1n) is 14.4. The van der Waals surface area contributed by atoms with Gasteiger partial charge in [-0.15, -0.1) is 0 Å². The lowest BCUT2D eigenvalue weighted by molar-refractivity contribution is -0.0893. The largest absolute Gasteiger partial charge is 0.493 e. The number of imidazole rings is 1. The Kier molecular flexibility index (Phi) is 8.34. The van der Waals surface area contributed by atoms with E-state index in [0.717, 1.165) is 52.9 Å². The zero-order valence-corrected chi connectivity index (χ0v) is 24.2. The van der Waals surface area contributed by atoms with Crippen molar-refractivity contribution in [3.05, 3.63) is 66.7 Å². The molecule has 6 rings (SSSR count). The van der Waals surface area contributed by atoms with Gasteiger partial charge in [0, 0.05) is 56.4 Å². The van der Waals surface area contributed by atoms with E-state index in [1.54, 1.807) is 13.4 Å². The Balaban J connectivity index is 1.25. The molecule has 2 aromatic carbocycles. The Morgan fingerprint density at radius 3 is 2.95 bits per heavy atom. The summed E-state index contributed by atoms with van der Waals surface area (Å²) in [5, 5.41) is 16.1. The number of methoxy groups -OCH3 is 1. The third kappa shape index (κ3) is 5.74. The number of carbonyl (C=O) groups excluding carboxylic acids is 1. The smallest absolute Gasteiger partial charge is 0.275 e. The van der Waals surface area contributed by atoms with Crippen molar-refractivity contribution in [1.82, 2.24) is 24.1 Å². The molecule has 9 nitrogen and oxygen atoms in total. The molecule has 1 amide bonds. The SMILES string of the molecule is COC[C@]1(O)CCCC[C@H]1n1cnc(C(=O)N2CCNC[C@H]2CCOc2ccc3sncc3c2)c1-c1ccccc1.